The molecule has 21 heavy (non-hydrogen) atoms. The lowest BCUT2D eigenvalue weighted by Gasteiger charge is -1.94. The third kappa shape index (κ3) is 3.25. The highest BCUT2D eigenvalue weighted by Crippen LogP contribution is 2.18. The second-order valence-electron chi connectivity index (χ2n) is 4.56. The van der Waals surface area contributed by atoms with Gasteiger partial charge in [-0.3, -0.25) is 4.98 Å². The monoisotopic (exact) mass is 340 g/mol. The van der Waals surface area contributed by atoms with E-state index < -0.39 is 0 Å². The van der Waals surface area contributed by atoms with Crippen molar-refractivity contribution in [2.24, 2.45) is 7.05 Å². The molecule has 0 aliphatic rings. The highest BCUT2D eigenvalue weighted by molar-refractivity contribution is 9.10. The number of hydrogen-bond donors (Lipinski definition) is 0. The molecule has 0 aliphatic heterocycles. The van der Waals surface area contributed by atoms with Crippen LogP contribution in [0.1, 0.15) is 11.5 Å². The minimum Gasteiger partial charge on any atom is -0.334 e. The van der Waals surface area contributed by atoms with Crippen molar-refractivity contribution >= 4 is 28.1 Å². The van der Waals surface area contributed by atoms with Gasteiger partial charge in [0.1, 0.15) is 10.4 Å². The Morgan fingerprint density at radius 1 is 1.05 bits per heavy atom. The Morgan fingerprint density at radius 3 is 2.62 bits per heavy atom. The summed E-state index contributed by atoms with van der Waals surface area (Å²) in [5, 5.41) is 0. The Morgan fingerprint density at radius 2 is 1.86 bits per heavy atom. The highest BCUT2D eigenvalue weighted by Gasteiger charge is 2.04. The van der Waals surface area contributed by atoms with E-state index in [4.69, 9.17) is 0 Å². The summed E-state index contributed by atoms with van der Waals surface area (Å²) < 4.78 is 2.71. The van der Waals surface area contributed by atoms with Crippen LogP contribution in [-0.4, -0.2) is 19.5 Å². The molecule has 0 spiro atoms. The van der Waals surface area contributed by atoms with E-state index in [0.29, 0.717) is 0 Å². The third-order valence-electron chi connectivity index (χ3n) is 3.01. The Balaban J connectivity index is 1.88. The van der Waals surface area contributed by atoms with Crippen molar-refractivity contribution in [1.82, 2.24) is 19.5 Å². The van der Waals surface area contributed by atoms with Crippen LogP contribution in [0.5, 0.6) is 0 Å². The van der Waals surface area contributed by atoms with E-state index in [0.717, 1.165) is 27.4 Å². The fourth-order valence-electron chi connectivity index (χ4n) is 1.98. The first-order valence-corrected chi connectivity index (χ1v) is 7.26. The van der Waals surface area contributed by atoms with Crippen molar-refractivity contribution in [3.63, 3.8) is 0 Å². The molecule has 0 saturated heterocycles. The van der Waals surface area contributed by atoms with Crippen molar-refractivity contribution in [2.45, 2.75) is 0 Å². The lowest BCUT2D eigenvalue weighted by atomic mass is 10.2. The van der Waals surface area contributed by atoms with Gasteiger partial charge in [-0.05, 0) is 28.1 Å². The quantitative estimate of drug-likeness (QED) is 0.728. The molecule has 0 N–H and O–H groups in total. The van der Waals surface area contributed by atoms with Crippen LogP contribution in [0.4, 0.5) is 0 Å². The minimum atomic E-state index is 0.717. The van der Waals surface area contributed by atoms with Crippen LogP contribution in [0.2, 0.25) is 0 Å². The molecule has 0 atom stereocenters. The van der Waals surface area contributed by atoms with Crippen LogP contribution in [0, 0.1) is 0 Å². The molecule has 0 radical (unpaired) electrons. The summed E-state index contributed by atoms with van der Waals surface area (Å²) in [5.41, 5.74) is 2.85. The van der Waals surface area contributed by atoms with Crippen LogP contribution < -0.4 is 0 Å². The second-order valence-corrected chi connectivity index (χ2v) is 5.37. The van der Waals surface area contributed by atoms with Gasteiger partial charge in [-0.1, -0.05) is 30.3 Å². The lowest BCUT2D eigenvalue weighted by molar-refractivity contribution is 0.898. The van der Waals surface area contributed by atoms with E-state index in [9.17, 15) is 0 Å². The Bertz CT molecular complexity index is 778. The number of nitrogens with zero attached hydrogens (tertiary/aromatic N) is 4. The van der Waals surface area contributed by atoms with Crippen molar-refractivity contribution in [2.75, 3.05) is 0 Å². The summed E-state index contributed by atoms with van der Waals surface area (Å²) in [6, 6.07) is 10.1. The van der Waals surface area contributed by atoms with Gasteiger partial charge in [0.15, 0.2) is 0 Å². The van der Waals surface area contributed by atoms with Crippen molar-refractivity contribution in [3.8, 4) is 11.3 Å². The van der Waals surface area contributed by atoms with E-state index in [1.807, 2.05) is 48.2 Å². The van der Waals surface area contributed by atoms with Crippen molar-refractivity contribution in [3.05, 3.63) is 65.0 Å². The van der Waals surface area contributed by atoms with Gasteiger partial charge in [0, 0.05) is 18.8 Å². The molecule has 3 rings (SSSR count). The van der Waals surface area contributed by atoms with E-state index in [-0.39, 0.29) is 0 Å². The van der Waals surface area contributed by atoms with E-state index >= 15 is 0 Å². The Hall–Kier alpha value is -2.27. The summed E-state index contributed by atoms with van der Waals surface area (Å²) in [7, 11) is 1.98. The predicted molar refractivity (Wildman–Crippen MR) is 87.3 cm³/mol. The molecule has 2 aromatic heterocycles. The molecule has 0 fully saturated rings. The number of aromatic nitrogens is 4. The molecule has 0 aliphatic carbocycles. The number of rotatable bonds is 3. The van der Waals surface area contributed by atoms with Crippen LogP contribution in [-0.2, 0) is 7.05 Å². The molecular formula is C16H13BrN4. The maximum Gasteiger partial charge on any atom is 0.133 e. The van der Waals surface area contributed by atoms with Gasteiger partial charge < -0.3 is 4.57 Å². The zero-order valence-electron chi connectivity index (χ0n) is 11.4. The van der Waals surface area contributed by atoms with Crippen LogP contribution >= 0.6 is 15.9 Å². The van der Waals surface area contributed by atoms with E-state index in [1.54, 1.807) is 12.4 Å². The van der Waals surface area contributed by atoms with Gasteiger partial charge in [0.25, 0.3) is 0 Å². The van der Waals surface area contributed by atoms with Gasteiger partial charge in [0.2, 0.25) is 0 Å². The SMILES string of the molecule is Cn1cc(-c2ccccc2)nc1/C=C/c1cncc(Br)n1. The van der Waals surface area contributed by atoms with E-state index in [1.165, 1.54) is 0 Å². The molecule has 1 aromatic carbocycles. The van der Waals surface area contributed by atoms with E-state index in [2.05, 4.69) is 43.0 Å². The highest BCUT2D eigenvalue weighted by atomic mass is 79.9. The summed E-state index contributed by atoms with van der Waals surface area (Å²) in [5.74, 6) is 0.871. The maximum atomic E-state index is 4.63. The normalized spacial score (nSPS) is 11.1. The number of imidazole rings is 1. The first kappa shape index (κ1) is 13.7. The van der Waals surface area contributed by atoms with Crippen LogP contribution in [0.3, 0.4) is 0 Å². The second kappa shape index (κ2) is 6.01. The fraction of sp³-hybridized carbons (Fsp3) is 0.0625. The molecule has 0 amide bonds. The average Bonchev–Trinajstić information content (AvgIpc) is 2.87. The summed E-state index contributed by atoms with van der Waals surface area (Å²) in [6.45, 7) is 0. The fourth-order valence-corrected chi connectivity index (χ4v) is 2.30. The molecule has 0 unspecified atom stereocenters. The molecule has 2 heterocycles. The number of hydrogen-bond acceptors (Lipinski definition) is 3. The standard InChI is InChI=1S/C16H13BrN4/c1-21-11-14(12-5-3-2-4-6-12)20-16(21)8-7-13-9-18-10-15(17)19-13/h2-11H,1H3/b8-7+. The van der Waals surface area contributed by atoms with Crippen molar-refractivity contribution < 1.29 is 0 Å². The molecule has 0 bridgehead atoms. The molecule has 5 heteroatoms. The molecular weight excluding hydrogens is 328 g/mol. The third-order valence-corrected chi connectivity index (χ3v) is 3.39. The first-order chi connectivity index (χ1) is 10.2. The molecule has 3 aromatic rings. The minimum absolute atomic E-state index is 0.717. The molecule has 0 saturated carbocycles. The molecule has 104 valence electrons. The van der Waals surface area contributed by atoms with Gasteiger partial charge in [0.05, 0.1) is 23.8 Å². The summed E-state index contributed by atoms with van der Waals surface area (Å²) in [6.07, 6.45) is 9.22. The summed E-state index contributed by atoms with van der Waals surface area (Å²) >= 11 is 3.31. The van der Waals surface area contributed by atoms with Crippen LogP contribution in [0.25, 0.3) is 23.4 Å². The zero-order chi connectivity index (χ0) is 14.7. The number of aryl methyl sites for hydroxylation is 1. The average molecular weight is 341 g/mol. The summed E-state index contributed by atoms with van der Waals surface area (Å²) in [4.78, 5) is 13.0. The maximum absolute atomic E-state index is 4.63. The van der Waals surface area contributed by atoms with Crippen molar-refractivity contribution in [1.29, 1.82) is 0 Å². The van der Waals surface area contributed by atoms with Gasteiger partial charge in [-0.15, -0.1) is 0 Å². The Labute approximate surface area is 131 Å². The number of halogens is 1. The zero-order valence-corrected chi connectivity index (χ0v) is 13.0. The lowest BCUT2D eigenvalue weighted by Crippen LogP contribution is -1.89. The number of benzene rings is 1. The Kier molecular flexibility index (Phi) is 3.92. The van der Waals surface area contributed by atoms with Gasteiger partial charge in [-0.2, -0.15) is 0 Å². The first-order valence-electron chi connectivity index (χ1n) is 6.47. The van der Waals surface area contributed by atoms with Gasteiger partial charge in [-0.25, -0.2) is 9.97 Å². The van der Waals surface area contributed by atoms with Gasteiger partial charge >= 0.3 is 0 Å². The topological polar surface area (TPSA) is 43.6 Å². The predicted octanol–water partition coefficient (Wildman–Crippen LogP) is 3.81. The largest absolute Gasteiger partial charge is 0.334 e. The molecule has 4 nitrogen and oxygen atoms in total. The smallest absolute Gasteiger partial charge is 0.133 e. The van der Waals surface area contributed by atoms with Crippen LogP contribution in [0.15, 0.2) is 53.5 Å².